The first-order valence-electron chi connectivity index (χ1n) is 17.8. The van der Waals surface area contributed by atoms with Gasteiger partial charge in [0.1, 0.15) is 5.58 Å². The van der Waals surface area contributed by atoms with Crippen LogP contribution in [0.2, 0.25) is 0 Å². The lowest BCUT2D eigenvalue weighted by Gasteiger charge is -2.31. The second-order valence-electron chi connectivity index (χ2n) is 14.2. The number of benzene rings is 8. The minimum Gasteiger partial charge on any atom is -0.454 e. The number of hydrogen-bond acceptors (Lipinski definition) is 2. The molecule has 0 aliphatic heterocycles. The Morgan fingerprint density at radius 2 is 1.00 bits per heavy atom. The summed E-state index contributed by atoms with van der Waals surface area (Å²) in [5.41, 5.74) is 17.7. The Kier molecular flexibility index (Phi) is 5.76. The van der Waals surface area contributed by atoms with E-state index in [2.05, 4.69) is 183 Å². The van der Waals surface area contributed by atoms with E-state index < -0.39 is 0 Å². The predicted octanol–water partition coefficient (Wildman–Crippen LogP) is 13.2. The minimum absolute atomic E-state index is 0.378. The van der Waals surface area contributed by atoms with Gasteiger partial charge in [-0.3, -0.25) is 0 Å². The van der Waals surface area contributed by atoms with Gasteiger partial charge in [0.05, 0.1) is 11.1 Å². The number of furan rings is 1. The molecule has 0 fully saturated rings. The van der Waals surface area contributed by atoms with E-state index in [9.17, 15) is 0 Å². The average molecular weight is 652 g/mol. The Balaban J connectivity index is 1.23. The van der Waals surface area contributed by atoms with E-state index in [1.165, 1.54) is 66.4 Å². The van der Waals surface area contributed by atoms with Gasteiger partial charge in [0.15, 0.2) is 5.58 Å². The third-order valence-corrected chi connectivity index (χ3v) is 11.3. The van der Waals surface area contributed by atoms with Crippen molar-refractivity contribution in [2.75, 3.05) is 4.90 Å². The summed E-state index contributed by atoms with van der Waals surface area (Å²) in [6.45, 7) is 4.37. The molecular weight excluding hydrogens is 619 g/mol. The second-order valence-corrected chi connectivity index (χ2v) is 14.2. The quantitative estimate of drug-likeness (QED) is 0.189. The van der Waals surface area contributed by atoms with Crippen LogP contribution in [0, 0.1) is 13.8 Å². The fourth-order valence-electron chi connectivity index (χ4n) is 9.46. The third-order valence-electron chi connectivity index (χ3n) is 11.3. The normalized spacial score (nSPS) is 13.5. The molecule has 0 amide bonds. The van der Waals surface area contributed by atoms with Gasteiger partial charge >= 0.3 is 0 Å². The van der Waals surface area contributed by atoms with Gasteiger partial charge in [-0.1, -0.05) is 127 Å². The molecule has 0 saturated heterocycles. The van der Waals surface area contributed by atoms with Crippen molar-refractivity contribution >= 4 is 49.8 Å². The SMILES string of the molecule is Cc1cc(C)cc(N(c2ccc3c(c2)-c2ccccc2C32c3ccccc3-c3ccccc32)c2cc3ccccc3c3c2oc2ccccc23)c1. The van der Waals surface area contributed by atoms with E-state index in [0.29, 0.717) is 0 Å². The molecule has 1 spiro atoms. The first kappa shape index (κ1) is 28.5. The molecule has 240 valence electrons. The molecule has 2 nitrogen and oxygen atoms in total. The maximum absolute atomic E-state index is 6.84. The Morgan fingerprint density at radius 1 is 0.451 bits per heavy atom. The molecule has 2 aliphatic carbocycles. The maximum atomic E-state index is 6.84. The molecule has 0 unspecified atom stereocenters. The highest BCUT2D eigenvalue weighted by Gasteiger charge is 2.51. The van der Waals surface area contributed by atoms with Crippen LogP contribution in [0.3, 0.4) is 0 Å². The van der Waals surface area contributed by atoms with E-state index in [0.717, 1.165) is 39.0 Å². The third kappa shape index (κ3) is 3.77. The average Bonchev–Trinajstić information content (AvgIpc) is 3.79. The zero-order valence-electron chi connectivity index (χ0n) is 28.4. The molecule has 51 heavy (non-hydrogen) atoms. The van der Waals surface area contributed by atoms with Crippen LogP contribution in [0.5, 0.6) is 0 Å². The van der Waals surface area contributed by atoms with Crippen LogP contribution in [-0.4, -0.2) is 0 Å². The molecule has 0 saturated carbocycles. The molecule has 8 aromatic carbocycles. The van der Waals surface area contributed by atoms with Gasteiger partial charge in [0.2, 0.25) is 0 Å². The summed E-state index contributed by atoms with van der Waals surface area (Å²) in [7, 11) is 0. The van der Waals surface area contributed by atoms with Crippen LogP contribution in [0.4, 0.5) is 17.1 Å². The molecular formula is C49H33NO. The van der Waals surface area contributed by atoms with Gasteiger partial charge in [-0.05, 0) is 117 Å². The van der Waals surface area contributed by atoms with Crippen molar-refractivity contribution < 1.29 is 4.42 Å². The van der Waals surface area contributed by atoms with Gasteiger partial charge in [-0.25, -0.2) is 0 Å². The zero-order valence-corrected chi connectivity index (χ0v) is 28.4. The van der Waals surface area contributed by atoms with Gasteiger partial charge < -0.3 is 9.32 Å². The molecule has 1 heterocycles. The van der Waals surface area contributed by atoms with Crippen molar-refractivity contribution in [2.45, 2.75) is 19.3 Å². The monoisotopic (exact) mass is 651 g/mol. The Morgan fingerprint density at radius 3 is 1.69 bits per heavy atom. The number of rotatable bonds is 3. The Labute approximate surface area is 296 Å². The number of anilines is 3. The van der Waals surface area contributed by atoms with Crippen LogP contribution in [0.25, 0.3) is 55.0 Å². The van der Waals surface area contributed by atoms with Crippen molar-refractivity contribution in [1.29, 1.82) is 0 Å². The summed E-state index contributed by atoms with van der Waals surface area (Å²) >= 11 is 0. The summed E-state index contributed by atoms with van der Waals surface area (Å²) in [4.78, 5) is 2.42. The molecule has 2 heteroatoms. The highest BCUT2D eigenvalue weighted by atomic mass is 16.3. The number of fused-ring (bicyclic) bond motifs is 15. The molecule has 0 bridgehead atoms. The Bertz CT molecular complexity index is 2840. The number of para-hydroxylation sites is 1. The van der Waals surface area contributed by atoms with Crippen LogP contribution in [0.1, 0.15) is 33.4 Å². The highest BCUT2D eigenvalue weighted by molar-refractivity contribution is 6.23. The van der Waals surface area contributed by atoms with Gasteiger partial charge in [0, 0.05) is 22.1 Å². The topological polar surface area (TPSA) is 16.4 Å². The van der Waals surface area contributed by atoms with Crippen molar-refractivity contribution in [3.63, 3.8) is 0 Å². The lowest BCUT2D eigenvalue weighted by atomic mass is 9.70. The van der Waals surface area contributed by atoms with Crippen molar-refractivity contribution in [3.05, 3.63) is 197 Å². The summed E-state index contributed by atoms with van der Waals surface area (Å²) in [6, 6.07) is 60.4. The first-order valence-corrected chi connectivity index (χ1v) is 17.8. The number of aryl methyl sites for hydroxylation is 2. The molecule has 11 rings (SSSR count). The lowest BCUT2D eigenvalue weighted by Crippen LogP contribution is -2.25. The number of hydrogen-bond donors (Lipinski definition) is 0. The smallest absolute Gasteiger partial charge is 0.160 e. The summed E-state index contributed by atoms with van der Waals surface area (Å²) in [5.74, 6) is 0. The highest BCUT2D eigenvalue weighted by Crippen LogP contribution is 2.63. The number of nitrogens with zero attached hydrogens (tertiary/aromatic N) is 1. The minimum atomic E-state index is -0.378. The van der Waals surface area contributed by atoms with Crippen LogP contribution in [0.15, 0.2) is 168 Å². The largest absolute Gasteiger partial charge is 0.454 e. The van der Waals surface area contributed by atoms with Crippen molar-refractivity contribution in [1.82, 2.24) is 0 Å². The van der Waals surface area contributed by atoms with Crippen LogP contribution in [-0.2, 0) is 5.41 Å². The first-order chi connectivity index (χ1) is 25.1. The lowest BCUT2D eigenvalue weighted by molar-refractivity contribution is 0.669. The predicted molar refractivity (Wildman–Crippen MR) is 212 cm³/mol. The molecule has 2 aliphatic rings. The van der Waals surface area contributed by atoms with E-state index in [1.807, 2.05) is 0 Å². The zero-order chi connectivity index (χ0) is 33.8. The summed E-state index contributed by atoms with van der Waals surface area (Å²) < 4.78 is 6.84. The standard InChI is InChI=1S/C49H33NO/c1-30-25-31(2)27-34(26-30)50(45-28-32-13-3-4-14-35(32)47-39-18-8-12-22-46(39)51-48(45)47)33-23-24-44-40(29-33)38-17-7-11-21-43(38)49(44)41-19-9-5-15-36(41)37-16-6-10-20-42(37)49/h3-29H,1-2H3. The molecule has 0 N–H and O–H groups in total. The molecule has 9 aromatic rings. The van der Waals surface area contributed by atoms with E-state index >= 15 is 0 Å². The fraction of sp³-hybridized carbons (Fsp3) is 0.0612. The van der Waals surface area contributed by atoms with E-state index in [1.54, 1.807) is 0 Å². The van der Waals surface area contributed by atoms with E-state index in [4.69, 9.17) is 4.42 Å². The van der Waals surface area contributed by atoms with E-state index in [-0.39, 0.29) is 5.41 Å². The van der Waals surface area contributed by atoms with Crippen LogP contribution >= 0.6 is 0 Å². The molecule has 0 radical (unpaired) electrons. The maximum Gasteiger partial charge on any atom is 0.160 e. The summed E-state index contributed by atoms with van der Waals surface area (Å²) in [5, 5.41) is 4.67. The van der Waals surface area contributed by atoms with Gasteiger partial charge in [-0.2, -0.15) is 0 Å². The molecule has 0 atom stereocenters. The fourth-order valence-corrected chi connectivity index (χ4v) is 9.46. The van der Waals surface area contributed by atoms with Crippen molar-refractivity contribution in [2.24, 2.45) is 0 Å². The van der Waals surface area contributed by atoms with Crippen LogP contribution < -0.4 is 4.90 Å². The summed E-state index contributed by atoms with van der Waals surface area (Å²) in [6.07, 6.45) is 0. The second kappa shape index (κ2) is 10.3. The van der Waals surface area contributed by atoms with Gasteiger partial charge in [0.25, 0.3) is 0 Å². The Hall–Kier alpha value is -6.38. The molecule has 1 aromatic heterocycles. The van der Waals surface area contributed by atoms with Gasteiger partial charge in [-0.15, -0.1) is 0 Å². The van der Waals surface area contributed by atoms with Crippen molar-refractivity contribution in [3.8, 4) is 22.3 Å².